The second kappa shape index (κ2) is 6.40. The van der Waals surface area contributed by atoms with Crippen LogP contribution < -0.4 is 5.32 Å². The molecule has 0 radical (unpaired) electrons. The predicted molar refractivity (Wildman–Crippen MR) is 81.9 cm³/mol. The van der Waals surface area contributed by atoms with E-state index in [1.807, 2.05) is 6.92 Å². The van der Waals surface area contributed by atoms with Crippen molar-refractivity contribution in [2.45, 2.75) is 38.3 Å². The van der Waals surface area contributed by atoms with Crippen molar-refractivity contribution in [3.8, 4) is 0 Å². The van der Waals surface area contributed by atoms with E-state index in [0.717, 1.165) is 42.1 Å². The summed E-state index contributed by atoms with van der Waals surface area (Å²) in [4.78, 5) is 5.70. The van der Waals surface area contributed by atoms with Crippen molar-refractivity contribution >= 4 is 11.3 Å². The molecular formula is C16H18F2N2OS. The number of fused-ring (bicyclic) bond motifs is 1. The Kier molecular flexibility index (Phi) is 4.52. The smallest absolute Gasteiger partial charge is 0.131 e. The van der Waals surface area contributed by atoms with Gasteiger partial charge in [0.15, 0.2) is 0 Å². The number of hydrogen-bond donors (Lipinski definition) is 2. The molecule has 0 bridgehead atoms. The fourth-order valence-corrected chi connectivity index (χ4v) is 4.00. The van der Waals surface area contributed by atoms with Crippen molar-refractivity contribution in [3.05, 3.63) is 51.0 Å². The SMILES string of the molecule is Cc1nc2c(s1)C(NCC(O)c1c(F)cccc1F)CCC2. The van der Waals surface area contributed by atoms with Crippen LogP contribution in [-0.2, 0) is 6.42 Å². The standard InChI is InChI=1S/C16H18F2N2OS/c1-9-20-13-7-3-6-12(16(13)22-9)19-8-14(21)15-10(17)4-2-5-11(15)18/h2,4-5,12,14,19,21H,3,6-8H2,1H3. The maximum atomic E-state index is 13.7. The molecule has 0 aliphatic heterocycles. The van der Waals surface area contributed by atoms with Crippen LogP contribution in [-0.4, -0.2) is 16.6 Å². The van der Waals surface area contributed by atoms with Crippen LogP contribution in [0.15, 0.2) is 18.2 Å². The van der Waals surface area contributed by atoms with E-state index in [0.29, 0.717) is 0 Å². The number of nitrogens with one attached hydrogen (secondary N) is 1. The first-order valence-electron chi connectivity index (χ1n) is 7.38. The van der Waals surface area contributed by atoms with E-state index in [4.69, 9.17) is 0 Å². The Morgan fingerprint density at radius 2 is 2.14 bits per heavy atom. The van der Waals surface area contributed by atoms with Gasteiger partial charge < -0.3 is 10.4 Å². The highest BCUT2D eigenvalue weighted by atomic mass is 32.1. The topological polar surface area (TPSA) is 45.2 Å². The van der Waals surface area contributed by atoms with Gasteiger partial charge in [-0.2, -0.15) is 0 Å². The molecule has 6 heteroatoms. The first kappa shape index (κ1) is 15.5. The number of rotatable bonds is 4. The Bertz CT molecular complexity index is 654. The van der Waals surface area contributed by atoms with Crippen LogP contribution in [0.25, 0.3) is 0 Å². The zero-order valence-electron chi connectivity index (χ0n) is 12.3. The molecule has 0 saturated carbocycles. The molecule has 2 atom stereocenters. The first-order valence-corrected chi connectivity index (χ1v) is 8.19. The van der Waals surface area contributed by atoms with E-state index in [9.17, 15) is 13.9 Å². The summed E-state index contributed by atoms with van der Waals surface area (Å²) in [6, 6.07) is 3.71. The molecular weight excluding hydrogens is 306 g/mol. The third-order valence-corrected chi connectivity index (χ3v) is 5.07. The lowest BCUT2D eigenvalue weighted by atomic mass is 9.97. The van der Waals surface area contributed by atoms with Crippen LogP contribution in [0, 0.1) is 18.6 Å². The highest BCUT2D eigenvalue weighted by Crippen LogP contribution is 2.34. The van der Waals surface area contributed by atoms with E-state index in [2.05, 4.69) is 10.3 Å². The minimum Gasteiger partial charge on any atom is -0.387 e. The molecule has 2 aromatic rings. The van der Waals surface area contributed by atoms with Gasteiger partial charge in [0.05, 0.1) is 22.4 Å². The number of halogens is 2. The predicted octanol–water partition coefficient (Wildman–Crippen LogP) is 3.43. The fraction of sp³-hybridized carbons (Fsp3) is 0.438. The largest absolute Gasteiger partial charge is 0.387 e. The second-order valence-corrected chi connectivity index (χ2v) is 6.78. The fourth-order valence-electron chi connectivity index (χ4n) is 2.92. The molecule has 2 N–H and O–H groups in total. The minimum absolute atomic E-state index is 0.0967. The van der Waals surface area contributed by atoms with Gasteiger partial charge in [-0.3, -0.25) is 0 Å². The van der Waals surface area contributed by atoms with E-state index in [1.54, 1.807) is 11.3 Å². The summed E-state index contributed by atoms with van der Waals surface area (Å²) in [5, 5.41) is 14.4. The molecule has 22 heavy (non-hydrogen) atoms. The maximum Gasteiger partial charge on any atom is 0.131 e. The summed E-state index contributed by atoms with van der Waals surface area (Å²) in [5.41, 5.74) is 0.837. The van der Waals surface area contributed by atoms with Gasteiger partial charge in [0.1, 0.15) is 11.6 Å². The summed E-state index contributed by atoms with van der Waals surface area (Å²) >= 11 is 1.65. The maximum absolute atomic E-state index is 13.7. The van der Waals surface area contributed by atoms with Gasteiger partial charge in [0.2, 0.25) is 0 Å². The third kappa shape index (κ3) is 3.04. The van der Waals surface area contributed by atoms with E-state index >= 15 is 0 Å². The van der Waals surface area contributed by atoms with Crippen molar-refractivity contribution < 1.29 is 13.9 Å². The highest BCUT2D eigenvalue weighted by molar-refractivity contribution is 7.11. The Labute approximate surface area is 132 Å². The van der Waals surface area contributed by atoms with Crippen molar-refractivity contribution in [2.75, 3.05) is 6.54 Å². The normalized spacial score (nSPS) is 19.0. The van der Waals surface area contributed by atoms with Crippen LogP contribution >= 0.6 is 11.3 Å². The summed E-state index contributed by atoms with van der Waals surface area (Å²) in [6.07, 6.45) is 1.74. The average molecular weight is 324 g/mol. The minimum atomic E-state index is -1.21. The van der Waals surface area contributed by atoms with Crippen LogP contribution in [0.5, 0.6) is 0 Å². The Morgan fingerprint density at radius 1 is 1.41 bits per heavy atom. The van der Waals surface area contributed by atoms with E-state index in [-0.39, 0.29) is 18.2 Å². The lowest BCUT2D eigenvalue weighted by molar-refractivity contribution is 0.159. The van der Waals surface area contributed by atoms with Gasteiger partial charge in [-0.1, -0.05) is 6.07 Å². The molecule has 2 unspecified atom stereocenters. The summed E-state index contributed by atoms with van der Waals surface area (Å²) < 4.78 is 27.3. The third-order valence-electron chi connectivity index (χ3n) is 3.95. The number of benzene rings is 1. The zero-order valence-corrected chi connectivity index (χ0v) is 13.1. The number of aromatic nitrogens is 1. The first-order chi connectivity index (χ1) is 10.6. The van der Waals surface area contributed by atoms with Gasteiger partial charge in [-0.15, -0.1) is 11.3 Å². The van der Waals surface area contributed by atoms with Crippen molar-refractivity contribution in [1.29, 1.82) is 0 Å². The van der Waals surface area contributed by atoms with Crippen molar-refractivity contribution in [3.63, 3.8) is 0 Å². The molecule has 3 rings (SSSR count). The van der Waals surface area contributed by atoms with Crippen LogP contribution in [0.4, 0.5) is 8.78 Å². The molecule has 0 fully saturated rings. The average Bonchev–Trinajstić information content (AvgIpc) is 2.85. The number of nitrogens with zero attached hydrogens (tertiary/aromatic N) is 1. The molecule has 1 aromatic carbocycles. The molecule has 0 saturated heterocycles. The lowest BCUT2D eigenvalue weighted by Crippen LogP contribution is -2.29. The lowest BCUT2D eigenvalue weighted by Gasteiger charge is -2.24. The molecule has 0 spiro atoms. The summed E-state index contributed by atoms with van der Waals surface area (Å²) in [7, 11) is 0. The van der Waals surface area contributed by atoms with Crippen LogP contribution in [0.3, 0.4) is 0 Å². The van der Waals surface area contributed by atoms with Crippen molar-refractivity contribution in [1.82, 2.24) is 10.3 Å². The molecule has 118 valence electrons. The number of aryl methyl sites for hydroxylation is 2. The van der Waals surface area contributed by atoms with Crippen LogP contribution in [0.2, 0.25) is 0 Å². The summed E-state index contributed by atoms with van der Waals surface area (Å²) in [6.45, 7) is 2.09. The number of aliphatic hydroxyl groups excluding tert-OH is 1. The summed E-state index contributed by atoms with van der Waals surface area (Å²) in [5.74, 6) is -1.43. The highest BCUT2D eigenvalue weighted by Gasteiger charge is 2.25. The van der Waals surface area contributed by atoms with Crippen LogP contribution in [0.1, 0.15) is 46.1 Å². The molecule has 0 amide bonds. The molecule has 1 aliphatic carbocycles. The monoisotopic (exact) mass is 324 g/mol. The van der Waals surface area contributed by atoms with Gasteiger partial charge >= 0.3 is 0 Å². The Morgan fingerprint density at radius 3 is 2.86 bits per heavy atom. The Balaban J connectivity index is 1.71. The molecule has 1 heterocycles. The van der Waals surface area contributed by atoms with E-state index in [1.165, 1.54) is 10.9 Å². The second-order valence-electron chi connectivity index (χ2n) is 5.55. The van der Waals surface area contributed by atoms with Gasteiger partial charge in [-0.25, -0.2) is 13.8 Å². The van der Waals surface area contributed by atoms with Gasteiger partial charge in [0, 0.05) is 17.5 Å². The number of hydrogen-bond acceptors (Lipinski definition) is 4. The van der Waals surface area contributed by atoms with E-state index < -0.39 is 17.7 Å². The molecule has 1 aliphatic rings. The number of aliphatic hydroxyl groups is 1. The molecule has 3 nitrogen and oxygen atoms in total. The van der Waals surface area contributed by atoms with Gasteiger partial charge in [0.25, 0.3) is 0 Å². The van der Waals surface area contributed by atoms with Crippen molar-refractivity contribution in [2.24, 2.45) is 0 Å². The number of thiazole rings is 1. The zero-order chi connectivity index (χ0) is 15.7. The Hall–Kier alpha value is -1.37. The van der Waals surface area contributed by atoms with Gasteiger partial charge in [-0.05, 0) is 38.3 Å². The quantitative estimate of drug-likeness (QED) is 0.906. The molecule has 1 aromatic heterocycles.